The van der Waals surface area contributed by atoms with Gasteiger partial charge in [0.1, 0.15) is 11.7 Å². The van der Waals surface area contributed by atoms with Gasteiger partial charge in [-0.25, -0.2) is 0 Å². The monoisotopic (exact) mass is 349 g/mol. The first kappa shape index (κ1) is 16.3. The highest BCUT2D eigenvalue weighted by Crippen LogP contribution is 2.23. The van der Waals surface area contributed by atoms with Crippen molar-refractivity contribution in [2.45, 2.75) is 25.3 Å². The summed E-state index contributed by atoms with van der Waals surface area (Å²) < 4.78 is 5.27. The fourth-order valence-electron chi connectivity index (χ4n) is 3.40. The van der Waals surface area contributed by atoms with Crippen molar-refractivity contribution in [2.24, 2.45) is 0 Å². The summed E-state index contributed by atoms with van der Waals surface area (Å²) in [6.07, 6.45) is 1.62. The lowest BCUT2D eigenvalue weighted by Gasteiger charge is -2.23. The van der Waals surface area contributed by atoms with Crippen LogP contribution < -0.4 is 5.32 Å². The summed E-state index contributed by atoms with van der Waals surface area (Å²) in [5, 5.41) is 7.75. The van der Waals surface area contributed by atoms with Gasteiger partial charge in [0, 0.05) is 17.6 Å². The highest BCUT2D eigenvalue weighted by Gasteiger charge is 2.34. The molecule has 2 heterocycles. The van der Waals surface area contributed by atoms with Gasteiger partial charge in [-0.2, -0.15) is 0 Å². The fourth-order valence-corrected chi connectivity index (χ4v) is 3.40. The Kier molecular flexibility index (Phi) is 4.39. The molecule has 0 saturated carbocycles. The molecular weight excluding hydrogens is 330 g/mol. The molecule has 132 valence electrons. The van der Waals surface area contributed by atoms with E-state index in [0.717, 1.165) is 17.5 Å². The second-order valence-corrected chi connectivity index (χ2v) is 6.40. The largest absolute Gasteiger partial charge is 0.356 e. The van der Waals surface area contributed by atoms with Crippen LogP contribution in [0.15, 0.2) is 59.1 Å². The van der Waals surface area contributed by atoms with Gasteiger partial charge in [0.15, 0.2) is 5.58 Å². The predicted octanol–water partition coefficient (Wildman–Crippen LogP) is 3.00. The number of carbonyl (C=O) groups is 2. The first-order valence-corrected chi connectivity index (χ1v) is 8.71. The molecule has 1 aliphatic heterocycles. The van der Waals surface area contributed by atoms with Crippen molar-refractivity contribution in [3.05, 3.63) is 60.3 Å². The normalized spacial score (nSPS) is 16.8. The van der Waals surface area contributed by atoms with Gasteiger partial charge in [-0.3, -0.25) is 9.59 Å². The number of carbonyl (C=O) groups excluding carboxylic acids is 2. The second-order valence-electron chi connectivity index (χ2n) is 6.40. The van der Waals surface area contributed by atoms with Crippen molar-refractivity contribution < 1.29 is 14.1 Å². The number of nitrogens with one attached hydrogen (secondary N) is 1. The summed E-state index contributed by atoms with van der Waals surface area (Å²) in [6, 6.07) is 16.3. The zero-order valence-corrected chi connectivity index (χ0v) is 14.2. The molecule has 1 aromatic heterocycles. The topological polar surface area (TPSA) is 75.4 Å². The summed E-state index contributed by atoms with van der Waals surface area (Å²) in [5.41, 5.74) is 2.01. The number of hydrogen-bond acceptors (Lipinski definition) is 4. The van der Waals surface area contributed by atoms with E-state index in [2.05, 4.69) is 10.5 Å². The van der Waals surface area contributed by atoms with Crippen LogP contribution in [-0.2, 0) is 16.0 Å². The van der Waals surface area contributed by atoms with Gasteiger partial charge in [-0.1, -0.05) is 35.5 Å². The van der Waals surface area contributed by atoms with Crippen LogP contribution in [0.4, 0.5) is 5.69 Å². The molecule has 1 N–H and O–H groups in total. The maximum Gasteiger partial charge on any atom is 0.247 e. The first-order chi connectivity index (χ1) is 12.7. The molecule has 26 heavy (non-hydrogen) atoms. The van der Waals surface area contributed by atoms with Crippen molar-refractivity contribution in [1.82, 2.24) is 10.1 Å². The highest BCUT2D eigenvalue weighted by atomic mass is 16.5. The van der Waals surface area contributed by atoms with Crippen molar-refractivity contribution in [1.29, 1.82) is 0 Å². The minimum atomic E-state index is -0.444. The van der Waals surface area contributed by atoms with Crippen LogP contribution in [0.1, 0.15) is 18.5 Å². The van der Waals surface area contributed by atoms with Gasteiger partial charge in [0.25, 0.3) is 0 Å². The highest BCUT2D eigenvalue weighted by molar-refractivity contribution is 5.98. The molecule has 1 fully saturated rings. The van der Waals surface area contributed by atoms with Crippen molar-refractivity contribution in [2.75, 3.05) is 11.9 Å². The average Bonchev–Trinajstić information content (AvgIpc) is 3.30. The molecule has 1 saturated heterocycles. The van der Waals surface area contributed by atoms with Crippen LogP contribution in [-0.4, -0.2) is 34.5 Å². The molecule has 4 rings (SSSR count). The third-order valence-corrected chi connectivity index (χ3v) is 4.69. The average molecular weight is 349 g/mol. The van der Waals surface area contributed by atoms with E-state index >= 15 is 0 Å². The van der Waals surface area contributed by atoms with Gasteiger partial charge >= 0.3 is 0 Å². The van der Waals surface area contributed by atoms with E-state index in [9.17, 15) is 9.59 Å². The zero-order valence-electron chi connectivity index (χ0n) is 14.2. The van der Waals surface area contributed by atoms with Crippen molar-refractivity contribution in [3.63, 3.8) is 0 Å². The van der Waals surface area contributed by atoms with Crippen molar-refractivity contribution >= 4 is 28.5 Å². The number of aromatic nitrogens is 1. The van der Waals surface area contributed by atoms with E-state index in [-0.39, 0.29) is 18.2 Å². The lowest BCUT2D eigenvalue weighted by atomic mass is 10.1. The molecule has 2 aromatic carbocycles. The third-order valence-electron chi connectivity index (χ3n) is 4.69. The standard InChI is InChI=1S/C20H19N3O3/c24-19(13-16-15-9-4-5-11-18(15)26-22-16)23-12-6-10-17(23)20(25)21-14-7-2-1-3-8-14/h1-5,7-9,11,17H,6,10,12-13H2,(H,21,25). The number of nitrogens with zero attached hydrogens (tertiary/aromatic N) is 2. The Morgan fingerprint density at radius 2 is 1.88 bits per heavy atom. The van der Waals surface area contributed by atoms with Gasteiger partial charge in [-0.15, -0.1) is 0 Å². The van der Waals surface area contributed by atoms with E-state index in [0.29, 0.717) is 24.2 Å². The maximum absolute atomic E-state index is 12.8. The Balaban J connectivity index is 1.47. The molecule has 3 aromatic rings. The van der Waals surface area contributed by atoms with Gasteiger partial charge in [0.05, 0.1) is 6.42 Å². The summed E-state index contributed by atoms with van der Waals surface area (Å²) in [5.74, 6) is -0.248. The van der Waals surface area contributed by atoms with Crippen LogP contribution in [0.3, 0.4) is 0 Å². The molecule has 0 aliphatic carbocycles. The summed E-state index contributed by atoms with van der Waals surface area (Å²) in [4.78, 5) is 27.0. The zero-order chi connectivity index (χ0) is 17.9. The van der Waals surface area contributed by atoms with E-state index < -0.39 is 6.04 Å². The number of likely N-dealkylation sites (tertiary alicyclic amines) is 1. The second kappa shape index (κ2) is 7.00. The molecular formula is C20H19N3O3. The number of benzene rings is 2. The number of amides is 2. The first-order valence-electron chi connectivity index (χ1n) is 8.71. The summed E-state index contributed by atoms with van der Waals surface area (Å²) in [6.45, 7) is 0.585. The van der Waals surface area contributed by atoms with Gasteiger partial charge in [0.2, 0.25) is 11.8 Å². The molecule has 0 radical (unpaired) electrons. The Bertz CT molecular complexity index is 936. The van der Waals surface area contributed by atoms with E-state index in [1.165, 1.54) is 0 Å². The third kappa shape index (κ3) is 3.18. The predicted molar refractivity (Wildman–Crippen MR) is 97.5 cm³/mol. The molecule has 6 nitrogen and oxygen atoms in total. The minimum absolute atomic E-state index is 0.102. The quantitative estimate of drug-likeness (QED) is 0.786. The van der Waals surface area contributed by atoms with Crippen molar-refractivity contribution in [3.8, 4) is 0 Å². The maximum atomic E-state index is 12.8. The van der Waals surface area contributed by atoms with E-state index in [1.54, 1.807) is 4.90 Å². The molecule has 0 spiro atoms. The number of para-hydroxylation sites is 2. The number of rotatable bonds is 4. The Labute approximate surface area is 150 Å². The Hall–Kier alpha value is -3.15. The Morgan fingerprint density at radius 1 is 1.12 bits per heavy atom. The van der Waals surface area contributed by atoms with Crippen LogP contribution in [0.25, 0.3) is 11.0 Å². The lowest BCUT2D eigenvalue weighted by Crippen LogP contribution is -2.43. The molecule has 1 atom stereocenters. The smallest absolute Gasteiger partial charge is 0.247 e. The van der Waals surface area contributed by atoms with Crippen LogP contribution in [0.2, 0.25) is 0 Å². The number of hydrogen-bond donors (Lipinski definition) is 1. The van der Waals surface area contributed by atoms with E-state index in [1.807, 2.05) is 54.6 Å². The lowest BCUT2D eigenvalue weighted by molar-refractivity contribution is -0.136. The molecule has 1 unspecified atom stereocenters. The molecule has 6 heteroatoms. The fraction of sp³-hybridized carbons (Fsp3) is 0.250. The van der Waals surface area contributed by atoms with Crippen LogP contribution in [0, 0.1) is 0 Å². The molecule has 1 aliphatic rings. The van der Waals surface area contributed by atoms with Crippen LogP contribution >= 0.6 is 0 Å². The Morgan fingerprint density at radius 3 is 2.73 bits per heavy atom. The summed E-state index contributed by atoms with van der Waals surface area (Å²) in [7, 11) is 0. The number of fused-ring (bicyclic) bond motifs is 1. The van der Waals surface area contributed by atoms with Crippen LogP contribution in [0.5, 0.6) is 0 Å². The van der Waals surface area contributed by atoms with Gasteiger partial charge < -0.3 is 14.7 Å². The molecule has 0 bridgehead atoms. The minimum Gasteiger partial charge on any atom is -0.356 e. The SMILES string of the molecule is O=C(Nc1ccccc1)C1CCCN1C(=O)Cc1noc2ccccc12. The number of anilines is 1. The van der Waals surface area contributed by atoms with E-state index in [4.69, 9.17) is 4.52 Å². The summed E-state index contributed by atoms with van der Waals surface area (Å²) >= 11 is 0. The van der Waals surface area contributed by atoms with Gasteiger partial charge in [-0.05, 0) is 37.1 Å². The molecule has 2 amide bonds.